The summed E-state index contributed by atoms with van der Waals surface area (Å²) in [5, 5.41) is 3.15. The maximum atomic E-state index is 13.4. The van der Waals surface area contributed by atoms with Crippen molar-refractivity contribution in [3.63, 3.8) is 0 Å². The standard InChI is InChI=1S/C23H20F6N2O3S/c1-3-8-30-21-31-20(32)19(35-21)10-13-4-7-17(18(9-13)33-2)34-12-14-5-6-15(22(24,25)26)11-16(14)23(27,28)29/h4-7,9-11H,3,8,12H2,1-2H3,(H,30,31,32). The molecule has 0 spiro atoms. The molecule has 0 saturated carbocycles. The zero-order chi connectivity index (χ0) is 25.8. The number of halogens is 6. The van der Waals surface area contributed by atoms with E-state index in [2.05, 4.69) is 10.3 Å². The Morgan fingerprint density at radius 2 is 1.77 bits per heavy atom. The lowest BCUT2D eigenvalue weighted by atomic mass is 10.0. The fourth-order valence-electron chi connectivity index (χ4n) is 3.06. The summed E-state index contributed by atoms with van der Waals surface area (Å²) in [6, 6.07) is 5.90. The van der Waals surface area contributed by atoms with Gasteiger partial charge in [-0.05, 0) is 54.1 Å². The van der Waals surface area contributed by atoms with Crippen molar-refractivity contribution >= 4 is 28.9 Å². The van der Waals surface area contributed by atoms with Crippen LogP contribution in [0.2, 0.25) is 0 Å². The fraction of sp³-hybridized carbons (Fsp3) is 0.304. The predicted molar refractivity (Wildman–Crippen MR) is 120 cm³/mol. The number of thioether (sulfide) groups is 1. The first-order valence-electron chi connectivity index (χ1n) is 10.3. The molecule has 12 heteroatoms. The number of rotatable bonds is 7. The summed E-state index contributed by atoms with van der Waals surface area (Å²) in [7, 11) is 1.32. The highest BCUT2D eigenvalue weighted by Gasteiger charge is 2.38. The first kappa shape index (κ1) is 26.5. The van der Waals surface area contributed by atoms with Gasteiger partial charge in [-0.1, -0.05) is 19.1 Å². The molecule has 2 aromatic carbocycles. The number of benzene rings is 2. The summed E-state index contributed by atoms with van der Waals surface area (Å²) < 4.78 is 89.4. The van der Waals surface area contributed by atoms with Crippen LogP contribution in [0.4, 0.5) is 26.3 Å². The topological polar surface area (TPSA) is 59.9 Å². The summed E-state index contributed by atoms with van der Waals surface area (Å²) in [6.07, 6.45) is -7.49. The minimum atomic E-state index is -5.00. The Bertz CT molecular complexity index is 1160. The highest BCUT2D eigenvalue weighted by molar-refractivity contribution is 8.18. The molecule has 0 bridgehead atoms. The average Bonchev–Trinajstić information content (AvgIpc) is 3.14. The molecule has 1 N–H and O–H groups in total. The number of nitrogens with one attached hydrogen (secondary N) is 1. The van der Waals surface area contributed by atoms with Crippen molar-refractivity contribution in [1.29, 1.82) is 0 Å². The van der Waals surface area contributed by atoms with E-state index in [1.807, 2.05) is 6.92 Å². The Balaban J connectivity index is 1.81. The first-order valence-corrected chi connectivity index (χ1v) is 11.1. The molecule has 188 valence electrons. The number of aliphatic imine (C=N–C) groups is 1. The highest BCUT2D eigenvalue weighted by Crippen LogP contribution is 2.38. The van der Waals surface area contributed by atoms with Gasteiger partial charge < -0.3 is 14.8 Å². The molecule has 35 heavy (non-hydrogen) atoms. The van der Waals surface area contributed by atoms with Gasteiger partial charge >= 0.3 is 12.4 Å². The first-order chi connectivity index (χ1) is 16.4. The quantitative estimate of drug-likeness (QED) is 0.346. The van der Waals surface area contributed by atoms with E-state index in [0.717, 1.165) is 12.5 Å². The van der Waals surface area contributed by atoms with E-state index >= 15 is 0 Å². The molecule has 1 aliphatic rings. The smallest absolute Gasteiger partial charge is 0.416 e. The van der Waals surface area contributed by atoms with Gasteiger partial charge in [0.05, 0.1) is 23.1 Å². The van der Waals surface area contributed by atoms with Gasteiger partial charge in [0, 0.05) is 12.1 Å². The van der Waals surface area contributed by atoms with Crippen LogP contribution in [0.3, 0.4) is 0 Å². The molecule has 0 radical (unpaired) electrons. The Hall–Kier alpha value is -3.15. The molecule has 2 aromatic rings. The minimum absolute atomic E-state index is 0.0631. The molecule has 0 atom stereocenters. The number of methoxy groups -OCH3 is 1. The van der Waals surface area contributed by atoms with Crippen molar-refractivity contribution in [1.82, 2.24) is 5.32 Å². The van der Waals surface area contributed by atoms with Gasteiger partial charge in [0.15, 0.2) is 16.7 Å². The normalized spacial score (nSPS) is 16.6. The van der Waals surface area contributed by atoms with Crippen molar-refractivity contribution in [2.24, 2.45) is 4.99 Å². The summed E-state index contributed by atoms with van der Waals surface area (Å²) >= 11 is 1.18. The Labute approximate surface area is 201 Å². The lowest BCUT2D eigenvalue weighted by Gasteiger charge is -2.17. The van der Waals surface area contributed by atoms with Crippen LogP contribution in [0.5, 0.6) is 11.5 Å². The van der Waals surface area contributed by atoms with Gasteiger partial charge in [-0.25, -0.2) is 0 Å². The van der Waals surface area contributed by atoms with Crippen LogP contribution in [0.25, 0.3) is 6.08 Å². The van der Waals surface area contributed by atoms with Crippen molar-refractivity contribution in [3.8, 4) is 11.5 Å². The number of amides is 1. The maximum absolute atomic E-state index is 13.4. The van der Waals surface area contributed by atoms with Crippen LogP contribution in [-0.4, -0.2) is 24.7 Å². The Morgan fingerprint density at radius 1 is 1.03 bits per heavy atom. The Morgan fingerprint density at radius 3 is 2.40 bits per heavy atom. The van der Waals surface area contributed by atoms with E-state index in [9.17, 15) is 31.1 Å². The highest BCUT2D eigenvalue weighted by atomic mass is 32.2. The van der Waals surface area contributed by atoms with Crippen LogP contribution in [0.1, 0.15) is 35.6 Å². The summed E-state index contributed by atoms with van der Waals surface area (Å²) in [6.45, 7) is 1.89. The number of amidine groups is 1. The second kappa shape index (κ2) is 10.6. The number of carbonyl (C=O) groups is 1. The van der Waals surface area contributed by atoms with Gasteiger partial charge in [0.1, 0.15) is 6.61 Å². The lowest BCUT2D eigenvalue weighted by molar-refractivity contribution is -0.143. The zero-order valence-corrected chi connectivity index (χ0v) is 19.3. The van der Waals surface area contributed by atoms with Gasteiger partial charge in [-0.3, -0.25) is 9.79 Å². The van der Waals surface area contributed by atoms with E-state index in [1.165, 1.54) is 31.0 Å². The third-order valence-corrected chi connectivity index (χ3v) is 5.69. The molecule has 0 unspecified atom stereocenters. The fourth-order valence-corrected chi connectivity index (χ4v) is 3.90. The molecule has 1 heterocycles. The molecule has 3 rings (SSSR count). The van der Waals surface area contributed by atoms with Crippen molar-refractivity contribution < 1.29 is 40.6 Å². The number of nitrogens with zero attached hydrogens (tertiary/aromatic N) is 1. The number of carbonyl (C=O) groups excluding carboxylic acids is 1. The predicted octanol–water partition coefficient (Wildman–Crippen LogP) is 6.28. The van der Waals surface area contributed by atoms with Gasteiger partial charge in [0.25, 0.3) is 5.91 Å². The number of hydrogen-bond acceptors (Lipinski definition) is 5. The third kappa shape index (κ3) is 6.71. The van der Waals surface area contributed by atoms with Crippen LogP contribution < -0.4 is 14.8 Å². The van der Waals surface area contributed by atoms with Crippen LogP contribution in [-0.2, 0) is 23.8 Å². The monoisotopic (exact) mass is 518 g/mol. The van der Waals surface area contributed by atoms with Crippen molar-refractivity contribution in [3.05, 3.63) is 63.6 Å². The molecular formula is C23H20F6N2O3S. The lowest BCUT2D eigenvalue weighted by Crippen LogP contribution is -2.19. The largest absolute Gasteiger partial charge is 0.493 e. The molecule has 1 aliphatic heterocycles. The van der Waals surface area contributed by atoms with Gasteiger partial charge in [0.2, 0.25) is 0 Å². The Kier molecular flexibility index (Phi) is 8.04. The van der Waals surface area contributed by atoms with Crippen LogP contribution in [0, 0.1) is 0 Å². The van der Waals surface area contributed by atoms with Crippen LogP contribution in [0.15, 0.2) is 46.3 Å². The SMILES string of the molecule is CCCN=C1NC(=O)C(=Cc2ccc(OCc3ccc(C(F)(F)F)cc3C(F)(F)F)c(OC)c2)S1. The molecular weight excluding hydrogens is 498 g/mol. The number of alkyl halides is 6. The van der Waals surface area contributed by atoms with E-state index < -0.39 is 35.6 Å². The summed E-state index contributed by atoms with van der Waals surface area (Å²) in [5.74, 6) is -0.0642. The molecule has 5 nitrogen and oxygen atoms in total. The molecule has 1 amide bonds. The molecule has 0 aromatic heterocycles. The summed E-state index contributed by atoms with van der Waals surface area (Å²) in [5.41, 5.74) is -2.73. The van der Waals surface area contributed by atoms with Gasteiger partial charge in [-0.15, -0.1) is 0 Å². The maximum Gasteiger partial charge on any atom is 0.416 e. The second-order valence-electron chi connectivity index (χ2n) is 7.32. The van der Waals surface area contributed by atoms with Gasteiger partial charge in [-0.2, -0.15) is 26.3 Å². The van der Waals surface area contributed by atoms with E-state index in [4.69, 9.17) is 9.47 Å². The number of hydrogen-bond donors (Lipinski definition) is 1. The second-order valence-corrected chi connectivity index (χ2v) is 8.35. The molecule has 1 saturated heterocycles. The van der Waals surface area contributed by atoms with Crippen molar-refractivity contribution in [2.45, 2.75) is 32.3 Å². The van der Waals surface area contributed by atoms with E-state index in [-0.39, 0.29) is 23.5 Å². The third-order valence-electron chi connectivity index (χ3n) is 4.74. The minimum Gasteiger partial charge on any atom is -0.493 e. The van der Waals surface area contributed by atoms with Crippen LogP contribution >= 0.6 is 11.8 Å². The van der Waals surface area contributed by atoms with E-state index in [1.54, 1.807) is 12.1 Å². The number of ether oxygens (including phenoxy) is 2. The molecule has 1 fully saturated rings. The average molecular weight is 518 g/mol. The van der Waals surface area contributed by atoms with E-state index in [0.29, 0.717) is 28.2 Å². The summed E-state index contributed by atoms with van der Waals surface area (Å²) in [4.78, 5) is 16.8. The zero-order valence-electron chi connectivity index (χ0n) is 18.5. The molecule has 0 aliphatic carbocycles. The van der Waals surface area contributed by atoms with Crippen molar-refractivity contribution in [2.75, 3.05) is 13.7 Å².